The number of hydrogen-bond donors (Lipinski definition) is 1. The van der Waals surface area contributed by atoms with Crippen LogP contribution >= 0.6 is 0 Å². The molecule has 0 radical (unpaired) electrons. The van der Waals surface area contributed by atoms with E-state index in [4.69, 9.17) is 14.5 Å². The monoisotopic (exact) mass is 402 g/mol. The van der Waals surface area contributed by atoms with Crippen molar-refractivity contribution in [3.8, 4) is 5.75 Å². The minimum absolute atomic E-state index is 0.304. The van der Waals surface area contributed by atoms with E-state index in [0.29, 0.717) is 12.0 Å². The number of methoxy groups -OCH3 is 1. The van der Waals surface area contributed by atoms with Crippen LogP contribution in [-0.2, 0) is 4.74 Å². The standard InChI is InChI=1S/C23H38N4O2/c1-4-24-23(26(2)17-19-12-15-29-18-19)25-16-22(27-13-6-5-7-14-27)20-8-10-21(28-3)11-9-20/h8-11,19,22H,4-7,12-18H2,1-3H3,(H,24,25). The molecule has 2 aliphatic heterocycles. The first-order chi connectivity index (χ1) is 14.2. The van der Waals surface area contributed by atoms with Crippen LogP contribution in [0.4, 0.5) is 0 Å². The number of nitrogens with one attached hydrogen (secondary N) is 1. The summed E-state index contributed by atoms with van der Waals surface area (Å²) < 4.78 is 10.9. The van der Waals surface area contributed by atoms with Crippen molar-refractivity contribution in [1.29, 1.82) is 0 Å². The highest BCUT2D eigenvalue weighted by Gasteiger charge is 2.23. The van der Waals surface area contributed by atoms with Crippen LogP contribution in [0.15, 0.2) is 29.3 Å². The summed E-state index contributed by atoms with van der Waals surface area (Å²) >= 11 is 0. The van der Waals surface area contributed by atoms with Gasteiger partial charge in [0.1, 0.15) is 5.75 Å². The number of benzene rings is 1. The first kappa shape index (κ1) is 21.9. The topological polar surface area (TPSA) is 49.3 Å². The van der Waals surface area contributed by atoms with E-state index in [1.807, 2.05) is 0 Å². The van der Waals surface area contributed by atoms with E-state index < -0.39 is 0 Å². The van der Waals surface area contributed by atoms with E-state index in [2.05, 4.69) is 53.4 Å². The van der Waals surface area contributed by atoms with Crippen molar-refractivity contribution in [2.24, 2.45) is 10.9 Å². The van der Waals surface area contributed by atoms with Gasteiger partial charge in [0.25, 0.3) is 0 Å². The molecule has 6 nitrogen and oxygen atoms in total. The molecule has 2 aliphatic rings. The fourth-order valence-corrected chi connectivity index (χ4v) is 4.33. The Morgan fingerprint density at radius 2 is 2.03 bits per heavy atom. The summed E-state index contributed by atoms with van der Waals surface area (Å²) in [5.74, 6) is 2.50. The SMILES string of the molecule is CCNC(=NCC(c1ccc(OC)cc1)N1CCCCC1)N(C)CC1CCOC1. The van der Waals surface area contributed by atoms with Crippen molar-refractivity contribution in [2.75, 3.05) is 60.1 Å². The molecule has 0 aliphatic carbocycles. The van der Waals surface area contributed by atoms with E-state index in [-0.39, 0.29) is 0 Å². The van der Waals surface area contributed by atoms with Crippen molar-refractivity contribution in [1.82, 2.24) is 15.1 Å². The molecule has 1 N–H and O–H groups in total. The van der Waals surface area contributed by atoms with E-state index in [9.17, 15) is 0 Å². The fraction of sp³-hybridized carbons (Fsp3) is 0.696. The maximum atomic E-state index is 5.55. The van der Waals surface area contributed by atoms with Crippen LogP contribution < -0.4 is 10.1 Å². The average molecular weight is 403 g/mol. The predicted octanol–water partition coefficient (Wildman–Crippen LogP) is 3.16. The number of nitrogens with zero attached hydrogens (tertiary/aromatic N) is 3. The highest BCUT2D eigenvalue weighted by molar-refractivity contribution is 5.79. The summed E-state index contributed by atoms with van der Waals surface area (Å²) in [6.07, 6.45) is 5.03. The Morgan fingerprint density at radius 1 is 1.28 bits per heavy atom. The fourth-order valence-electron chi connectivity index (χ4n) is 4.33. The van der Waals surface area contributed by atoms with Gasteiger partial charge >= 0.3 is 0 Å². The van der Waals surface area contributed by atoms with Gasteiger partial charge in [0, 0.05) is 32.7 Å². The predicted molar refractivity (Wildman–Crippen MR) is 119 cm³/mol. The summed E-state index contributed by atoms with van der Waals surface area (Å²) in [5.41, 5.74) is 1.32. The van der Waals surface area contributed by atoms with Crippen molar-refractivity contribution in [3.63, 3.8) is 0 Å². The first-order valence-corrected chi connectivity index (χ1v) is 11.2. The van der Waals surface area contributed by atoms with Crippen molar-refractivity contribution in [3.05, 3.63) is 29.8 Å². The van der Waals surface area contributed by atoms with Gasteiger partial charge in [-0.25, -0.2) is 0 Å². The van der Waals surface area contributed by atoms with Gasteiger partial charge in [0.05, 0.1) is 26.3 Å². The third kappa shape index (κ3) is 6.34. The summed E-state index contributed by atoms with van der Waals surface area (Å²) in [6.45, 7) is 8.82. The molecule has 1 aromatic rings. The zero-order valence-electron chi connectivity index (χ0n) is 18.4. The maximum Gasteiger partial charge on any atom is 0.193 e. The number of likely N-dealkylation sites (tertiary alicyclic amines) is 1. The third-order valence-electron chi connectivity index (χ3n) is 6.00. The van der Waals surface area contributed by atoms with Gasteiger partial charge in [0.15, 0.2) is 5.96 Å². The lowest BCUT2D eigenvalue weighted by molar-refractivity contribution is 0.167. The number of ether oxygens (including phenoxy) is 2. The Hall–Kier alpha value is -1.79. The lowest BCUT2D eigenvalue weighted by atomic mass is 10.0. The quantitative estimate of drug-likeness (QED) is 0.535. The minimum atomic E-state index is 0.304. The molecule has 2 unspecified atom stereocenters. The van der Waals surface area contributed by atoms with Gasteiger partial charge in [-0.1, -0.05) is 18.6 Å². The molecule has 1 aromatic carbocycles. The molecule has 0 aromatic heterocycles. The molecule has 29 heavy (non-hydrogen) atoms. The molecule has 0 bridgehead atoms. The normalized spacial score (nSPS) is 21.8. The second kappa shape index (κ2) is 11.4. The van der Waals surface area contributed by atoms with Crippen LogP contribution in [0.1, 0.15) is 44.2 Å². The Morgan fingerprint density at radius 3 is 2.66 bits per heavy atom. The smallest absolute Gasteiger partial charge is 0.193 e. The highest BCUT2D eigenvalue weighted by Crippen LogP contribution is 2.27. The molecule has 6 heteroatoms. The molecular weight excluding hydrogens is 364 g/mol. The van der Waals surface area contributed by atoms with E-state index in [1.165, 1.54) is 24.8 Å². The molecule has 2 saturated heterocycles. The summed E-state index contributed by atoms with van der Waals surface area (Å²) in [7, 11) is 3.86. The van der Waals surface area contributed by atoms with Gasteiger partial charge in [-0.3, -0.25) is 9.89 Å². The first-order valence-electron chi connectivity index (χ1n) is 11.2. The second-order valence-electron chi connectivity index (χ2n) is 8.19. The van der Waals surface area contributed by atoms with E-state index >= 15 is 0 Å². The molecule has 162 valence electrons. The van der Waals surface area contributed by atoms with Crippen LogP contribution in [0.2, 0.25) is 0 Å². The number of rotatable bonds is 8. The highest BCUT2D eigenvalue weighted by atomic mass is 16.5. The summed E-state index contributed by atoms with van der Waals surface area (Å²) in [6, 6.07) is 8.82. The minimum Gasteiger partial charge on any atom is -0.497 e. The maximum absolute atomic E-state index is 5.55. The van der Waals surface area contributed by atoms with E-state index in [0.717, 1.165) is 64.1 Å². The Bertz CT molecular complexity index is 622. The summed E-state index contributed by atoms with van der Waals surface area (Å²) in [5, 5.41) is 3.48. The molecule has 2 heterocycles. The number of hydrogen-bond acceptors (Lipinski definition) is 4. The molecule has 2 atom stereocenters. The second-order valence-corrected chi connectivity index (χ2v) is 8.19. The Balaban J connectivity index is 1.73. The number of guanidine groups is 1. The Kier molecular flexibility index (Phi) is 8.62. The van der Waals surface area contributed by atoms with Crippen LogP contribution in [0.5, 0.6) is 5.75 Å². The Labute approximate surface area is 176 Å². The average Bonchev–Trinajstić information content (AvgIpc) is 3.27. The van der Waals surface area contributed by atoms with Crippen LogP contribution in [0.3, 0.4) is 0 Å². The summed E-state index contributed by atoms with van der Waals surface area (Å²) in [4.78, 5) is 9.94. The lowest BCUT2D eigenvalue weighted by Gasteiger charge is -2.34. The third-order valence-corrected chi connectivity index (χ3v) is 6.00. The number of aliphatic imine (C=N–C) groups is 1. The largest absolute Gasteiger partial charge is 0.497 e. The molecule has 0 amide bonds. The van der Waals surface area contributed by atoms with Crippen LogP contribution in [-0.4, -0.2) is 75.9 Å². The zero-order chi connectivity index (χ0) is 20.5. The van der Waals surface area contributed by atoms with Crippen LogP contribution in [0.25, 0.3) is 0 Å². The van der Waals surface area contributed by atoms with Gasteiger partial charge < -0.3 is 19.7 Å². The molecular formula is C23H38N4O2. The van der Waals surface area contributed by atoms with Crippen LogP contribution in [0, 0.1) is 5.92 Å². The van der Waals surface area contributed by atoms with Gasteiger partial charge in [0.2, 0.25) is 0 Å². The zero-order valence-corrected chi connectivity index (χ0v) is 18.4. The number of piperidine rings is 1. The van der Waals surface area contributed by atoms with Crippen molar-refractivity contribution >= 4 is 5.96 Å². The van der Waals surface area contributed by atoms with Gasteiger partial charge in [-0.15, -0.1) is 0 Å². The molecule has 3 rings (SSSR count). The van der Waals surface area contributed by atoms with Gasteiger partial charge in [-0.05, 0) is 57.0 Å². The van der Waals surface area contributed by atoms with E-state index in [1.54, 1.807) is 7.11 Å². The molecule has 0 spiro atoms. The molecule has 2 fully saturated rings. The molecule has 0 saturated carbocycles. The van der Waals surface area contributed by atoms with Crippen molar-refractivity contribution in [2.45, 2.75) is 38.6 Å². The van der Waals surface area contributed by atoms with Crippen molar-refractivity contribution < 1.29 is 9.47 Å². The van der Waals surface area contributed by atoms with Gasteiger partial charge in [-0.2, -0.15) is 0 Å². The lowest BCUT2D eigenvalue weighted by Crippen LogP contribution is -2.42.